The number of hydrogen-bond donors (Lipinski definition) is 2. The third-order valence-electron chi connectivity index (χ3n) is 2.42. The van der Waals surface area contributed by atoms with Crippen molar-refractivity contribution >= 4 is 11.9 Å². The van der Waals surface area contributed by atoms with Crippen LogP contribution >= 0.6 is 0 Å². The summed E-state index contributed by atoms with van der Waals surface area (Å²) >= 11 is 0. The number of rotatable bonds is 3. The first kappa shape index (κ1) is 11.6. The molecule has 90 valence electrons. The Bertz CT molecular complexity index is 427. The highest BCUT2D eigenvalue weighted by Gasteiger charge is 2.29. The van der Waals surface area contributed by atoms with E-state index in [1.165, 1.54) is 0 Å². The molecule has 1 aliphatic heterocycles. The van der Waals surface area contributed by atoms with E-state index in [0.717, 1.165) is 5.56 Å². The number of guanidine groups is 1. The normalized spacial score (nSPS) is 21.7. The Labute approximate surface area is 100 Å². The third kappa shape index (κ3) is 2.81. The van der Waals surface area contributed by atoms with Crippen molar-refractivity contribution in [3.8, 4) is 0 Å². The van der Waals surface area contributed by atoms with Crippen LogP contribution in [0.1, 0.15) is 25.5 Å². The Morgan fingerprint density at radius 3 is 3.00 bits per heavy atom. The number of carbonyl (C=O) groups excluding carboxylic acids is 1. The summed E-state index contributed by atoms with van der Waals surface area (Å²) < 4.78 is 0. The van der Waals surface area contributed by atoms with Gasteiger partial charge >= 0.3 is 0 Å². The lowest BCUT2D eigenvalue weighted by Gasteiger charge is -2.06. The molecule has 5 nitrogen and oxygen atoms in total. The summed E-state index contributed by atoms with van der Waals surface area (Å²) in [5.41, 5.74) is 0.847. The molecule has 1 saturated heterocycles. The lowest BCUT2D eigenvalue weighted by molar-refractivity contribution is -0.120. The van der Waals surface area contributed by atoms with Crippen LogP contribution in [0.25, 0.3) is 0 Å². The lowest BCUT2D eigenvalue weighted by atomic mass is 10.1. The SMILES string of the molecule is CC(C)CN=C1NC(=O)C(c2cccnc2)N1. The molecule has 1 unspecified atom stereocenters. The van der Waals surface area contributed by atoms with Gasteiger partial charge in [-0.25, -0.2) is 0 Å². The second kappa shape index (κ2) is 4.95. The van der Waals surface area contributed by atoms with Crippen molar-refractivity contribution in [1.82, 2.24) is 15.6 Å². The second-order valence-electron chi connectivity index (χ2n) is 4.44. The highest BCUT2D eigenvalue weighted by molar-refractivity contribution is 6.06. The summed E-state index contributed by atoms with van der Waals surface area (Å²) in [5.74, 6) is 0.941. The minimum Gasteiger partial charge on any atom is -0.340 e. The van der Waals surface area contributed by atoms with Crippen molar-refractivity contribution in [3.63, 3.8) is 0 Å². The molecule has 0 radical (unpaired) electrons. The van der Waals surface area contributed by atoms with E-state index in [1.54, 1.807) is 12.4 Å². The van der Waals surface area contributed by atoms with Crippen LogP contribution < -0.4 is 10.6 Å². The first-order valence-electron chi connectivity index (χ1n) is 5.68. The average Bonchev–Trinajstić information content (AvgIpc) is 2.69. The molecule has 1 aromatic heterocycles. The molecule has 1 aliphatic rings. The topological polar surface area (TPSA) is 66.4 Å². The van der Waals surface area contributed by atoms with Crippen LogP contribution in [0.15, 0.2) is 29.5 Å². The van der Waals surface area contributed by atoms with E-state index in [0.29, 0.717) is 18.4 Å². The number of aliphatic imine (C=N–C) groups is 1. The number of aromatic nitrogens is 1. The van der Waals surface area contributed by atoms with Crippen LogP contribution in [0.4, 0.5) is 0 Å². The van der Waals surface area contributed by atoms with Crippen LogP contribution in [0.5, 0.6) is 0 Å². The van der Waals surface area contributed by atoms with Crippen molar-refractivity contribution in [3.05, 3.63) is 30.1 Å². The fourth-order valence-corrected chi connectivity index (χ4v) is 1.57. The highest BCUT2D eigenvalue weighted by Crippen LogP contribution is 2.14. The van der Waals surface area contributed by atoms with Crippen LogP contribution in [-0.2, 0) is 4.79 Å². The molecule has 2 rings (SSSR count). The van der Waals surface area contributed by atoms with E-state index in [2.05, 4.69) is 34.5 Å². The molecular weight excluding hydrogens is 216 g/mol. The zero-order chi connectivity index (χ0) is 12.3. The molecule has 1 aromatic rings. The molecule has 2 N–H and O–H groups in total. The van der Waals surface area contributed by atoms with E-state index < -0.39 is 0 Å². The lowest BCUT2D eigenvalue weighted by Crippen LogP contribution is -2.26. The molecule has 1 amide bonds. The number of pyridine rings is 1. The smallest absolute Gasteiger partial charge is 0.253 e. The summed E-state index contributed by atoms with van der Waals surface area (Å²) in [6, 6.07) is 3.30. The quantitative estimate of drug-likeness (QED) is 0.812. The van der Waals surface area contributed by atoms with Crippen molar-refractivity contribution in [2.24, 2.45) is 10.9 Å². The van der Waals surface area contributed by atoms with Gasteiger partial charge in [0.15, 0.2) is 5.96 Å². The standard InChI is InChI=1S/C12H16N4O/c1-8(2)6-14-12-15-10(11(17)16-12)9-4-3-5-13-7-9/h3-5,7-8,10H,6H2,1-2H3,(H2,14,15,16,17). The number of nitrogens with one attached hydrogen (secondary N) is 2. The fraction of sp³-hybridized carbons (Fsp3) is 0.417. The van der Waals surface area contributed by atoms with Crippen LogP contribution in [0, 0.1) is 5.92 Å². The van der Waals surface area contributed by atoms with Crippen molar-refractivity contribution in [1.29, 1.82) is 0 Å². The van der Waals surface area contributed by atoms with Gasteiger partial charge in [0.1, 0.15) is 6.04 Å². The van der Waals surface area contributed by atoms with Crippen molar-refractivity contribution in [2.45, 2.75) is 19.9 Å². The molecule has 0 aromatic carbocycles. The van der Waals surface area contributed by atoms with E-state index in [1.807, 2.05) is 12.1 Å². The van der Waals surface area contributed by atoms with Crippen molar-refractivity contribution in [2.75, 3.05) is 6.54 Å². The Morgan fingerprint density at radius 1 is 1.53 bits per heavy atom. The maximum Gasteiger partial charge on any atom is 0.253 e. The molecule has 2 heterocycles. The zero-order valence-corrected chi connectivity index (χ0v) is 9.97. The Hall–Kier alpha value is -1.91. The van der Waals surface area contributed by atoms with Crippen molar-refractivity contribution < 1.29 is 4.79 Å². The first-order valence-corrected chi connectivity index (χ1v) is 5.68. The first-order chi connectivity index (χ1) is 8.16. The summed E-state index contributed by atoms with van der Waals surface area (Å²) in [5, 5.41) is 5.79. The molecule has 5 heteroatoms. The van der Waals surface area contributed by atoms with Gasteiger partial charge in [-0.1, -0.05) is 19.9 Å². The second-order valence-corrected chi connectivity index (χ2v) is 4.44. The third-order valence-corrected chi connectivity index (χ3v) is 2.42. The molecule has 0 aliphatic carbocycles. The number of amides is 1. The fourth-order valence-electron chi connectivity index (χ4n) is 1.57. The molecule has 0 bridgehead atoms. The Morgan fingerprint density at radius 2 is 2.35 bits per heavy atom. The summed E-state index contributed by atoms with van der Waals surface area (Å²) in [6.45, 7) is 4.86. The van der Waals surface area contributed by atoms with Crippen LogP contribution in [-0.4, -0.2) is 23.4 Å². The molecule has 1 atom stereocenters. The largest absolute Gasteiger partial charge is 0.340 e. The monoisotopic (exact) mass is 232 g/mol. The van der Waals surface area contributed by atoms with E-state index in [-0.39, 0.29) is 11.9 Å². The van der Waals surface area contributed by atoms with Gasteiger partial charge in [0.25, 0.3) is 5.91 Å². The maximum atomic E-state index is 11.7. The van der Waals surface area contributed by atoms with Gasteiger partial charge < -0.3 is 5.32 Å². The molecule has 17 heavy (non-hydrogen) atoms. The van der Waals surface area contributed by atoms with Crippen LogP contribution in [0.2, 0.25) is 0 Å². The van der Waals surface area contributed by atoms with Gasteiger partial charge in [-0.2, -0.15) is 0 Å². The predicted molar refractivity (Wildman–Crippen MR) is 65.4 cm³/mol. The van der Waals surface area contributed by atoms with E-state index >= 15 is 0 Å². The van der Waals surface area contributed by atoms with E-state index in [9.17, 15) is 4.79 Å². The molecule has 0 spiro atoms. The van der Waals surface area contributed by atoms with Crippen LogP contribution in [0.3, 0.4) is 0 Å². The molecular formula is C12H16N4O. The number of carbonyl (C=O) groups is 1. The van der Waals surface area contributed by atoms with E-state index in [4.69, 9.17) is 0 Å². The highest BCUT2D eigenvalue weighted by atomic mass is 16.2. The van der Waals surface area contributed by atoms with Gasteiger partial charge in [-0.05, 0) is 12.0 Å². The maximum absolute atomic E-state index is 11.7. The van der Waals surface area contributed by atoms with Gasteiger partial charge in [0, 0.05) is 24.5 Å². The number of nitrogens with zero attached hydrogens (tertiary/aromatic N) is 2. The Kier molecular flexibility index (Phi) is 3.37. The zero-order valence-electron chi connectivity index (χ0n) is 9.97. The molecule has 1 fully saturated rings. The van der Waals surface area contributed by atoms with Gasteiger partial charge in [0.2, 0.25) is 0 Å². The predicted octanol–water partition coefficient (Wildman–Crippen LogP) is 0.854. The summed E-state index contributed by atoms with van der Waals surface area (Å²) in [4.78, 5) is 20.1. The minimum absolute atomic E-state index is 0.0829. The Balaban J connectivity index is 2.08. The van der Waals surface area contributed by atoms with Gasteiger partial charge in [0.05, 0.1) is 0 Å². The summed E-state index contributed by atoms with van der Waals surface area (Å²) in [7, 11) is 0. The molecule has 0 saturated carbocycles. The minimum atomic E-state index is -0.380. The average molecular weight is 232 g/mol. The number of hydrogen-bond acceptors (Lipinski definition) is 3. The summed E-state index contributed by atoms with van der Waals surface area (Å²) in [6.07, 6.45) is 3.37. The van der Waals surface area contributed by atoms with Gasteiger partial charge in [-0.15, -0.1) is 0 Å². The van der Waals surface area contributed by atoms with Gasteiger partial charge in [-0.3, -0.25) is 20.1 Å².